The lowest BCUT2D eigenvalue weighted by molar-refractivity contribution is 0.0458. The Labute approximate surface area is 172 Å². The van der Waals surface area contributed by atoms with Crippen LogP contribution in [0.5, 0.6) is 0 Å². The van der Waals surface area contributed by atoms with E-state index in [2.05, 4.69) is 91.4 Å². The lowest BCUT2D eigenvalue weighted by Gasteiger charge is -2.44. The standard InChI is InChI=1S/C24H53N3/c1-12-21(13-2)26(11)18-22(16-17-25-23(14-3)19(5)6)27(15-4)20(7)24(8,9)10/h19-23,25H,12-18H2,1-11H3. The van der Waals surface area contributed by atoms with Gasteiger partial charge in [-0.3, -0.25) is 4.90 Å². The lowest BCUT2D eigenvalue weighted by Crippen LogP contribution is -2.53. The zero-order valence-electron chi connectivity index (χ0n) is 20.7. The van der Waals surface area contributed by atoms with Crippen LogP contribution in [0.2, 0.25) is 0 Å². The van der Waals surface area contributed by atoms with Crippen molar-refractivity contribution >= 4 is 0 Å². The maximum atomic E-state index is 3.84. The van der Waals surface area contributed by atoms with E-state index in [1.165, 1.54) is 32.2 Å². The molecule has 0 saturated carbocycles. The van der Waals surface area contributed by atoms with Crippen molar-refractivity contribution in [2.45, 2.75) is 119 Å². The third-order valence-electron chi connectivity index (χ3n) is 6.78. The van der Waals surface area contributed by atoms with Gasteiger partial charge in [0.15, 0.2) is 0 Å². The van der Waals surface area contributed by atoms with Crippen molar-refractivity contribution in [3.05, 3.63) is 0 Å². The van der Waals surface area contributed by atoms with E-state index in [0.717, 1.165) is 13.1 Å². The molecule has 0 rings (SSSR count). The molecule has 0 aliphatic carbocycles. The average Bonchev–Trinajstić information content (AvgIpc) is 2.58. The van der Waals surface area contributed by atoms with Crippen LogP contribution in [0.25, 0.3) is 0 Å². The van der Waals surface area contributed by atoms with Crippen LogP contribution in [0.15, 0.2) is 0 Å². The fourth-order valence-corrected chi connectivity index (χ4v) is 4.39. The van der Waals surface area contributed by atoms with Gasteiger partial charge < -0.3 is 10.2 Å². The second-order valence-corrected chi connectivity index (χ2v) is 9.94. The predicted molar refractivity (Wildman–Crippen MR) is 124 cm³/mol. The topological polar surface area (TPSA) is 18.5 Å². The summed E-state index contributed by atoms with van der Waals surface area (Å²) in [4.78, 5) is 5.37. The number of nitrogens with zero attached hydrogens (tertiary/aromatic N) is 2. The molecule has 0 fully saturated rings. The first-order valence-corrected chi connectivity index (χ1v) is 11.7. The number of hydrogen-bond donors (Lipinski definition) is 1. The highest BCUT2D eigenvalue weighted by Crippen LogP contribution is 2.27. The van der Waals surface area contributed by atoms with E-state index in [9.17, 15) is 0 Å². The molecule has 0 heterocycles. The van der Waals surface area contributed by atoms with E-state index in [1.54, 1.807) is 0 Å². The zero-order valence-corrected chi connectivity index (χ0v) is 20.7. The van der Waals surface area contributed by atoms with Gasteiger partial charge >= 0.3 is 0 Å². The van der Waals surface area contributed by atoms with Gasteiger partial charge in [0, 0.05) is 30.7 Å². The molecule has 0 aromatic carbocycles. The normalized spacial score (nSPS) is 16.6. The highest BCUT2D eigenvalue weighted by atomic mass is 15.2. The van der Waals surface area contributed by atoms with Crippen molar-refractivity contribution in [3.63, 3.8) is 0 Å². The molecule has 3 atom stereocenters. The van der Waals surface area contributed by atoms with E-state index in [1.807, 2.05) is 0 Å². The van der Waals surface area contributed by atoms with Crippen LogP contribution < -0.4 is 5.32 Å². The number of hydrogen-bond acceptors (Lipinski definition) is 3. The second-order valence-electron chi connectivity index (χ2n) is 9.94. The maximum Gasteiger partial charge on any atom is 0.0238 e. The second kappa shape index (κ2) is 13.2. The van der Waals surface area contributed by atoms with Crippen molar-refractivity contribution in [1.29, 1.82) is 0 Å². The van der Waals surface area contributed by atoms with Crippen molar-refractivity contribution < 1.29 is 0 Å². The van der Waals surface area contributed by atoms with Gasteiger partial charge in [-0.2, -0.15) is 0 Å². The van der Waals surface area contributed by atoms with Gasteiger partial charge in [0.05, 0.1) is 0 Å². The maximum absolute atomic E-state index is 3.84. The Balaban J connectivity index is 5.23. The quantitative estimate of drug-likeness (QED) is 0.418. The summed E-state index contributed by atoms with van der Waals surface area (Å²) >= 11 is 0. The largest absolute Gasteiger partial charge is 0.314 e. The molecule has 164 valence electrons. The van der Waals surface area contributed by atoms with Crippen molar-refractivity contribution in [2.24, 2.45) is 11.3 Å². The average molecular weight is 384 g/mol. The summed E-state index contributed by atoms with van der Waals surface area (Å²) in [6.45, 7) is 26.9. The minimum Gasteiger partial charge on any atom is -0.314 e. The lowest BCUT2D eigenvalue weighted by atomic mass is 9.85. The van der Waals surface area contributed by atoms with Crippen LogP contribution in [0.3, 0.4) is 0 Å². The fraction of sp³-hybridized carbons (Fsp3) is 1.00. The van der Waals surface area contributed by atoms with Gasteiger partial charge in [-0.15, -0.1) is 0 Å². The SMILES string of the molecule is CCC(NCCC(CN(C)C(CC)CC)N(CC)C(C)C(C)(C)C)C(C)C. The van der Waals surface area contributed by atoms with Gasteiger partial charge in [0.25, 0.3) is 0 Å². The molecule has 0 aliphatic heterocycles. The van der Waals surface area contributed by atoms with Crippen molar-refractivity contribution in [3.8, 4) is 0 Å². The van der Waals surface area contributed by atoms with E-state index < -0.39 is 0 Å². The molecule has 0 spiro atoms. The summed E-state index contributed by atoms with van der Waals surface area (Å²) in [6.07, 6.45) is 4.92. The minimum absolute atomic E-state index is 0.305. The van der Waals surface area contributed by atoms with Crippen molar-refractivity contribution in [2.75, 3.05) is 26.7 Å². The highest BCUT2D eigenvalue weighted by molar-refractivity contribution is 4.86. The first-order valence-electron chi connectivity index (χ1n) is 11.7. The number of likely N-dealkylation sites (N-methyl/N-ethyl adjacent to an activating group) is 2. The summed E-state index contributed by atoms with van der Waals surface area (Å²) in [5.41, 5.74) is 0.305. The number of nitrogens with one attached hydrogen (secondary N) is 1. The first kappa shape index (κ1) is 26.9. The van der Waals surface area contributed by atoms with Crippen LogP contribution >= 0.6 is 0 Å². The van der Waals surface area contributed by atoms with Crippen LogP contribution in [-0.4, -0.2) is 60.6 Å². The van der Waals surface area contributed by atoms with Crippen LogP contribution in [0.1, 0.15) is 94.9 Å². The Morgan fingerprint density at radius 3 is 1.78 bits per heavy atom. The molecule has 0 aliphatic rings. The molecule has 27 heavy (non-hydrogen) atoms. The summed E-state index contributed by atoms with van der Waals surface area (Å²) in [7, 11) is 2.33. The van der Waals surface area contributed by atoms with E-state index in [0.29, 0.717) is 35.5 Å². The van der Waals surface area contributed by atoms with Crippen LogP contribution in [-0.2, 0) is 0 Å². The molecule has 3 heteroatoms. The summed E-state index contributed by atoms with van der Waals surface area (Å²) in [5, 5.41) is 3.84. The Kier molecular flexibility index (Phi) is 13.1. The van der Waals surface area contributed by atoms with Gasteiger partial charge in [-0.1, -0.05) is 62.3 Å². The van der Waals surface area contributed by atoms with Gasteiger partial charge in [-0.25, -0.2) is 0 Å². The molecular weight excluding hydrogens is 330 g/mol. The molecule has 0 amide bonds. The van der Waals surface area contributed by atoms with Crippen LogP contribution in [0.4, 0.5) is 0 Å². The Morgan fingerprint density at radius 2 is 1.41 bits per heavy atom. The molecule has 0 radical (unpaired) electrons. The summed E-state index contributed by atoms with van der Waals surface area (Å²) in [6, 6.07) is 2.52. The minimum atomic E-state index is 0.305. The van der Waals surface area contributed by atoms with Gasteiger partial charge in [0.2, 0.25) is 0 Å². The molecular formula is C24H53N3. The fourth-order valence-electron chi connectivity index (χ4n) is 4.39. The third kappa shape index (κ3) is 9.28. The molecule has 0 aromatic rings. The Morgan fingerprint density at radius 1 is 0.852 bits per heavy atom. The molecule has 3 nitrogen and oxygen atoms in total. The number of rotatable bonds is 14. The monoisotopic (exact) mass is 383 g/mol. The van der Waals surface area contributed by atoms with Crippen LogP contribution in [0, 0.1) is 11.3 Å². The Bertz CT molecular complexity index is 357. The van der Waals surface area contributed by atoms with E-state index >= 15 is 0 Å². The smallest absolute Gasteiger partial charge is 0.0238 e. The van der Waals surface area contributed by atoms with Gasteiger partial charge in [0.1, 0.15) is 0 Å². The zero-order chi connectivity index (χ0) is 21.2. The van der Waals surface area contributed by atoms with E-state index in [-0.39, 0.29) is 0 Å². The third-order valence-corrected chi connectivity index (χ3v) is 6.78. The van der Waals surface area contributed by atoms with Gasteiger partial charge in [-0.05, 0) is 64.1 Å². The molecule has 0 aromatic heterocycles. The summed E-state index contributed by atoms with van der Waals surface area (Å²) in [5.74, 6) is 0.705. The molecule has 0 saturated heterocycles. The van der Waals surface area contributed by atoms with E-state index in [4.69, 9.17) is 0 Å². The molecule has 1 N–H and O–H groups in total. The first-order chi connectivity index (χ1) is 12.5. The Hall–Kier alpha value is -0.120. The predicted octanol–water partition coefficient (Wildman–Crippen LogP) is 5.65. The van der Waals surface area contributed by atoms with Crippen molar-refractivity contribution in [1.82, 2.24) is 15.1 Å². The summed E-state index contributed by atoms with van der Waals surface area (Å²) < 4.78 is 0. The highest BCUT2D eigenvalue weighted by Gasteiger charge is 2.31. The molecule has 3 unspecified atom stereocenters. The molecule has 0 bridgehead atoms.